The second kappa shape index (κ2) is 8.25. The van der Waals surface area contributed by atoms with E-state index in [4.69, 9.17) is 32.8 Å². The lowest BCUT2D eigenvalue weighted by molar-refractivity contribution is -0.136. The molecule has 0 unspecified atom stereocenters. The smallest absolute Gasteiger partial charge is 0.303 e. The lowest BCUT2D eigenvalue weighted by Gasteiger charge is -2.05. The van der Waals surface area contributed by atoms with E-state index < -0.39 is 11.8 Å². The van der Waals surface area contributed by atoms with Gasteiger partial charge in [-0.05, 0) is 36.4 Å². The maximum absolute atomic E-state index is 14.4. The molecule has 0 amide bonds. The summed E-state index contributed by atoms with van der Waals surface area (Å²) in [6, 6.07) is 4.35. The number of benzene rings is 1. The fourth-order valence-corrected chi connectivity index (χ4v) is 3.92. The highest BCUT2D eigenvalue weighted by molar-refractivity contribution is 7.98. The summed E-state index contributed by atoms with van der Waals surface area (Å²) in [5, 5.41) is 13.3. The molecule has 154 valence electrons. The fourth-order valence-electron chi connectivity index (χ4n) is 2.88. The summed E-state index contributed by atoms with van der Waals surface area (Å²) >= 11 is 14.1. The van der Waals surface area contributed by atoms with E-state index in [1.807, 2.05) is 18.5 Å². The van der Waals surface area contributed by atoms with Crippen LogP contribution in [0.3, 0.4) is 0 Å². The van der Waals surface area contributed by atoms with Crippen molar-refractivity contribution in [3.05, 3.63) is 52.0 Å². The van der Waals surface area contributed by atoms with Gasteiger partial charge in [0.25, 0.3) is 5.89 Å². The van der Waals surface area contributed by atoms with Crippen molar-refractivity contribution in [3.63, 3.8) is 0 Å². The van der Waals surface area contributed by atoms with Crippen molar-refractivity contribution in [1.82, 2.24) is 19.5 Å². The molecule has 0 saturated carbocycles. The van der Waals surface area contributed by atoms with Crippen LogP contribution in [0, 0.1) is 5.82 Å². The van der Waals surface area contributed by atoms with Gasteiger partial charge < -0.3 is 14.0 Å². The van der Waals surface area contributed by atoms with Gasteiger partial charge in [0.05, 0.1) is 10.0 Å². The Morgan fingerprint density at radius 1 is 1.23 bits per heavy atom. The van der Waals surface area contributed by atoms with Crippen molar-refractivity contribution in [2.24, 2.45) is 0 Å². The molecule has 3 heterocycles. The molecular weight excluding hydrogens is 454 g/mol. The third-order valence-electron chi connectivity index (χ3n) is 4.35. The summed E-state index contributed by atoms with van der Waals surface area (Å²) in [5.41, 5.74) is 1.38. The zero-order chi connectivity index (χ0) is 21.4. The monoisotopic (exact) mass is 466 g/mol. The summed E-state index contributed by atoms with van der Waals surface area (Å²) in [6.45, 7) is 0. The number of carboxylic acids is 1. The van der Waals surface area contributed by atoms with Crippen LogP contribution in [0.4, 0.5) is 4.39 Å². The molecule has 0 fully saturated rings. The number of hydrogen-bond acceptors (Lipinski definition) is 6. The molecule has 4 aromatic rings. The first-order valence-corrected chi connectivity index (χ1v) is 10.6. The molecule has 4 rings (SSSR count). The SMILES string of the molecule is CSc1cc(Cl)c2nc(-c3nc(-c4cc(F)c(CCC(=O)O)cc4Cl)no3)cn2c1. The average Bonchev–Trinajstić information content (AvgIpc) is 3.35. The number of pyridine rings is 1. The van der Waals surface area contributed by atoms with Crippen LogP contribution >= 0.6 is 35.0 Å². The van der Waals surface area contributed by atoms with Gasteiger partial charge in [0.2, 0.25) is 5.82 Å². The number of rotatable bonds is 6. The number of aryl methyl sites for hydroxylation is 1. The van der Waals surface area contributed by atoms with Gasteiger partial charge >= 0.3 is 5.97 Å². The number of aromatic nitrogens is 4. The lowest BCUT2D eigenvalue weighted by atomic mass is 10.1. The highest BCUT2D eigenvalue weighted by atomic mass is 35.5. The van der Waals surface area contributed by atoms with Crippen molar-refractivity contribution < 1.29 is 18.8 Å². The predicted octanol–water partition coefficient (Wildman–Crippen LogP) is 5.24. The van der Waals surface area contributed by atoms with Crippen LogP contribution in [-0.4, -0.2) is 36.9 Å². The fraction of sp³-hybridized carbons (Fsp3) is 0.158. The third kappa shape index (κ3) is 4.00. The van der Waals surface area contributed by atoms with Crippen LogP contribution in [0.15, 0.2) is 40.0 Å². The van der Waals surface area contributed by atoms with E-state index >= 15 is 0 Å². The van der Waals surface area contributed by atoms with E-state index in [9.17, 15) is 9.18 Å². The Morgan fingerprint density at radius 3 is 2.77 bits per heavy atom. The molecule has 3 aromatic heterocycles. The Morgan fingerprint density at radius 2 is 2.03 bits per heavy atom. The molecule has 0 aliphatic heterocycles. The van der Waals surface area contributed by atoms with Crippen molar-refractivity contribution in [2.45, 2.75) is 17.7 Å². The molecule has 0 bridgehead atoms. The van der Waals surface area contributed by atoms with Crippen molar-refractivity contribution >= 4 is 46.6 Å². The number of carbonyl (C=O) groups is 1. The number of thioether (sulfide) groups is 1. The number of nitrogens with zero attached hydrogens (tertiary/aromatic N) is 4. The third-order valence-corrected chi connectivity index (χ3v) is 5.63. The lowest BCUT2D eigenvalue weighted by Crippen LogP contribution is -2.00. The topological polar surface area (TPSA) is 93.5 Å². The first kappa shape index (κ1) is 20.6. The van der Waals surface area contributed by atoms with Gasteiger partial charge in [-0.2, -0.15) is 4.98 Å². The summed E-state index contributed by atoms with van der Waals surface area (Å²) in [5.74, 6) is -1.39. The van der Waals surface area contributed by atoms with E-state index in [1.165, 1.54) is 12.1 Å². The van der Waals surface area contributed by atoms with Gasteiger partial charge in [-0.15, -0.1) is 11.8 Å². The number of fused-ring (bicyclic) bond motifs is 1. The van der Waals surface area contributed by atoms with Gasteiger partial charge in [-0.1, -0.05) is 28.4 Å². The highest BCUT2D eigenvalue weighted by Crippen LogP contribution is 2.31. The summed E-state index contributed by atoms with van der Waals surface area (Å²) in [6.07, 6.45) is 5.35. The van der Waals surface area contributed by atoms with Crippen LogP contribution in [-0.2, 0) is 11.2 Å². The predicted molar refractivity (Wildman–Crippen MR) is 112 cm³/mol. The number of halogens is 3. The first-order valence-electron chi connectivity index (χ1n) is 8.62. The second-order valence-corrected chi connectivity index (χ2v) is 8.02. The van der Waals surface area contributed by atoms with Crippen LogP contribution < -0.4 is 0 Å². The van der Waals surface area contributed by atoms with Crippen LogP contribution in [0.1, 0.15) is 12.0 Å². The van der Waals surface area contributed by atoms with Gasteiger partial charge in [-0.3, -0.25) is 4.79 Å². The van der Waals surface area contributed by atoms with Crippen molar-refractivity contribution in [3.8, 4) is 23.0 Å². The van der Waals surface area contributed by atoms with Gasteiger partial charge in [0.1, 0.15) is 11.5 Å². The summed E-state index contributed by atoms with van der Waals surface area (Å²) in [7, 11) is 0. The minimum Gasteiger partial charge on any atom is -0.481 e. The van der Waals surface area contributed by atoms with E-state index in [0.29, 0.717) is 16.4 Å². The van der Waals surface area contributed by atoms with E-state index in [1.54, 1.807) is 22.4 Å². The van der Waals surface area contributed by atoms with Crippen LogP contribution in [0.25, 0.3) is 28.6 Å². The molecule has 0 saturated heterocycles. The average molecular weight is 467 g/mol. The highest BCUT2D eigenvalue weighted by Gasteiger charge is 2.19. The maximum atomic E-state index is 14.4. The molecule has 30 heavy (non-hydrogen) atoms. The second-order valence-electron chi connectivity index (χ2n) is 6.33. The Kier molecular flexibility index (Phi) is 5.68. The number of imidazole rings is 1. The van der Waals surface area contributed by atoms with Crippen LogP contribution in [0.5, 0.6) is 0 Å². The van der Waals surface area contributed by atoms with Gasteiger partial charge in [-0.25, -0.2) is 9.37 Å². The quantitative estimate of drug-likeness (QED) is 0.388. The molecule has 7 nitrogen and oxygen atoms in total. The number of hydrogen-bond donors (Lipinski definition) is 1. The van der Waals surface area contributed by atoms with E-state index in [0.717, 1.165) is 4.90 Å². The number of aliphatic carboxylic acids is 1. The number of carboxylic acid groups (broad SMARTS) is 1. The molecular formula is C19H13Cl2FN4O3S. The zero-order valence-electron chi connectivity index (χ0n) is 15.4. The molecule has 0 aliphatic carbocycles. The summed E-state index contributed by atoms with van der Waals surface area (Å²) < 4.78 is 21.4. The molecule has 11 heteroatoms. The van der Waals surface area contributed by atoms with E-state index in [2.05, 4.69) is 15.1 Å². The summed E-state index contributed by atoms with van der Waals surface area (Å²) in [4.78, 5) is 20.4. The Hall–Kier alpha value is -2.62. The molecule has 0 aliphatic rings. The molecule has 0 radical (unpaired) electrons. The van der Waals surface area contributed by atoms with Crippen molar-refractivity contribution in [1.29, 1.82) is 0 Å². The Balaban J connectivity index is 1.68. The molecule has 0 atom stereocenters. The standard InChI is InChI=1S/C19H13Cl2FN4O3S/c1-30-10-5-13(21)18-23-15(8-26(18)7-10)19-24-17(25-29-19)11-6-14(22)9(4-12(11)20)2-3-16(27)28/h4-8H,2-3H2,1H3,(H,27,28). The Labute approximate surface area is 183 Å². The molecule has 1 aromatic carbocycles. The minimum atomic E-state index is -1.02. The minimum absolute atomic E-state index is 0.0265. The molecule has 0 spiro atoms. The maximum Gasteiger partial charge on any atom is 0.303 e. The first-order chi connectivity index (χ1) is 14.4. The molecule has 1 N–H and O–H groups in total. The van der Waals surface area contributed by atoms with Crippen LogP contribution in [0.2, 0.25) is 10.0 Å². The Bertz CT molecular complexity index is 1270. The zero-order valence-corrected chi connectivity index (χ0v) is 17.7. The largest absolute Gasteiger partial charge is 0.481 e. The van der Waals surface area contributed by atoms with E-state index in [-0.39, 0.29) is 40.7 Å². The van der Waals surface area contributed by atoms with Crippen molar-refractivity contribution in [2.75, 3.05) is 6.26 Å². The normalized spacial score (nSPS) is 11.3. The van der Waals surface area contributed by atoms with Gasteiger partial charge in [0, 0.05) is 29.3 Å². The van der Waals surface area contributed by atoms with Gasteiger partial charge in [0.15, 0.2) is 5.65 Å².